The lowest BCUT2D eigenvalue weighted by Gasteiger charge is -2.26. The number of piperidine rings is 1. The number of ether oxygens (including phenoxy) is 1. The Morgan fingerprint density at radius 1 is 1.12 bits per heavy atom. The van der Waals surface area contributed by atoms with Crippen molar-refractivity contribution in [3.05, 3.63) is 65.5 Å². The van der Waals surface area contributed by atoms with Gasteiger partial charge in [0.1, 0.15) is 17.7 Å². The predicted molar refractivity (Wildman–Crippen MR) is 126 cm³/mol. The number of hydrogen-bond acceptors (Lipinski definition) is 3. The average molecular weight is 441 g/mol. The maximum atomic E-state index is 13.3. The van der Waals surface area contributed by atoms with Crippen LogP contribution in [0.3, 0.4) is 0 Å². The molecule has 1 aliphatic heterocycles. The van der Waals surface area contributed by atoms with Crippen LogP contribution in [-0.4, -0.2) is 49.0 Å². The zero-order valence-corrected chi connectivity index (χ0v) is 18.9. The van der Waals surface area contributed by atoms with E-state index in [9.17, 15) is 9.18 Å². The molecular weight excluding hydrogens is 407 g/mol. The number of benzene rings is 2. The van der Waals surface area contributed by atoms with Crippen molar-refractivity contribution < 1.29 is 13.9 Å². The Labute approximate surface area is 189 Å². The van der Waals surface area contributed by atoms with E-state index in [4.69, 9.17) is 4.74 Å². The number of carbonyl (C=O) groups excluding carboxylic acids is 1. The molecule has 2 aromatic carbocycles. The molecule has 1 unspecified atom stereocenters. The second kappa shape index (κ2) is 12.1. The molecular formula is C25H33FN4O2. The number of carbonyl (C=O) groups is 1. The second-order valence-corrected chi connectivity index (χ2v) is 8.01. The Bertz CT molecular complexity index is 895. The number of rotatable bonds is 8. The highest BCUT2D eigenvalue weighted by atomic mass is 19.1. The summed E-state index contributed by atoms with van der Waals surface area (Å²) in [4.78, 5) is 19.2. The molecule has 7 heteroatoms. The van der Waals surface area contributed by atoms with Gasteiger partial charge in [0.2, 0.25) is 0 Å². The highest BCUT2D eigenvalue weighted by molar-refractivity contribution is 5.94. The topological polar surface area (TPSA) is 66.0 Å². The minimum absolute atomic E-state index is 0.113. The van der Waals surface area contributed by atoms with Gasteiger partial charge in [-0.15, -0.1) is 0 Å². The summed E-state index contributed by atoms with van der Waals surface area (Å²) < 4.78 is 19.1. The fourth-order valence-corrected chi connectivity index (χ4v) is 3.60. The summed E-state index contributed by atoms with van der Waals surface area (Å²) in [5, 5.41) is 6.47. The van der Waals surface area contributed by atoms with E-state index in [0.29, 0.717) is 24.8 Å². The van der Waals surface area contributed by atoms with Crippen LogP contribution in [0.15, 0.2) is 53.5 Å². The summed E-state index contributed by atoms with van der Waals surface area (Å²) in [6.07, 6.45) is 3.22. The average Bonchev–Trinajstić information content (AvgIpc) is 2.81. The number of amides is 1. The number of aliphatic imine (C=N–C) groups is 1. The van der Waals surface area contributed by atoms with E-state index in [1.165, 1.54) is 18.6 Å². The maximum Gasteiger partial charge on any atom is 0.253 e. The largest absolute Gasteiger partial charge is 0.489 e. The molecule has 0 radical (unpaired) electrons. The van der Waals surface area contributed by atoms with E-state index in [-0.39, 0.29) is 17.8 Å². The third-order valence-corrected chi connectivity index (χ3v) is 5.30. The van der Waals surface area contributed by atoms with Gasteiger partial charge in [-0.2, -0.15) is 0 Å². The summed E-state index contributed by atoms with van der Waals surface area (Å²) in [6, 6.07) is 13.8. The van der Waals surface area contributed by atoms with E-state index in [0.717, 1.165) is 43.6 Å². The van der Waals surface area contributed by atoms with Crippen LogP contribution in [0.2, 0.25) is 0 Å². The number of likely N-dealkylation sites (tertiary alicyclic amines) is 1. The molecule has 3 rings (SSSR count). The molecule has 32 heavy (non-hydrogen) atoms. The SMILES string of the molecule is CCNC(=NCc1ccc(C(=O)N2CCCCC2)cc1)NCC(C)Oc1cccc(F)c1. The molecule has 0 bridgehead atoms. The van der Waals surface area contributed by atoms with Crippen molar-refractivity contribution in [3.8, 4) is 5.75 Å². The van der Waals surface area contributed by atoms with Crippen molar-refractivity contribution in [2.75, 3.05) is 26.2 Å². The Balaban J connectivity index is 1.52. The van der Waals surface area contributed by atoms with Crippen molar-refractivity contribution in [2.45, 2.75) is 45.8 Å². The number of nitrogens with zero attached hydrogens (tertiary/aromatic N) is 2. The van der Waals surface area contributed by atoms with Crippen LogP contribution >= 0.6 is 0 Å². The van der Waals surface area contributed by atoms with E-state index in [1.54, 1.807) is 12.1 Å². The summed E-state index contributed by atoms with van der Waals surface area (Å²) in [7, 11) is 0. The molecule has 0 aliphatic carbocycles. The summed E-state index contributed by atoms with van der Waals surface area (Å²) in [5.74, 6) is 0.972. The van der Waals surface area contributed by atoms with Crippen LogP contribution in [0.4, 0.5) is 4.39 Å². The molecule has 1 fully saturated rings. The van der Waals surface area contributed by atoms with Gasteiger partial charge in [0, 0.05) is 31.3 Å². The smallest absolute Gasteiger partial charge is 0.253 e. The lowest BCUT2D eigenvalue weighted by atomic mass is 10.1. The fourth-order valence-electron chi connectivity index (χ4n) is 3.60. The van der Waals surface area contributed by atoms with Crippen LogP contribution in [0, 0.1) is 5.82 Å². The van der Waals surface area contributed by atoms with Crippen molar-refractivity contribution in [2.24, 2.45) is 4.99 Å². The third kappa shape index (κ3) is 7.25. The van der Waals surface area contributed by atoms with E-state index in [2.05, 4.69) is 15.6 Å². The molecule has 0 aromatic heterocycles. The number of nitrogens with one attached hydrogen (secondary N) is 2. The van der Waals surface area contributed by atoms with Crippen LogP contribution in [0.5, 0.6) is 5.75 Å². The quantitative estimate of drug-likeness (QED) is 0.482. The Morgan fingerprint density at radius 2 is 1.88 bits per heavy atom. The zero-order valence-electron chi connectivity index (χ0n) is 18.9. The van der Waals surface area contributed by atoms with Crippen molar-refractivity contribution in [1.82, 2.24) is 15.5 Å². The lowest BCUT2D eigenvalue weighted by Crippen LogP contribution is -2.41. The Hall–Kier alpha value is -3.09. The summed E-state index contributed by atoms with van der Waals surface area (Å²) in [5.41, 5.74) is 1.76. The fraction of sp³-hybridized carbons (Fsp3) is 0.440. The maximum absolute atomic E-state index is 13.3. The molecule has 6 nitrogen and oxygen atoms in total. The van der Waals surface area contributed by atoms with Gasteiger partial charge >= 0.3 is 0 Å². The minimum atomic E-state index is -0.318. The first kappa shape index (κ1) is 23.6. The molecule has 0 spiro atoms. The lowest BCUT2D eigenvalue weighted by molar-refractivity contribution is 0.0724. The third-order valence-electron chi connectivity index (χ3n) is 5.30. The normalized spacial score (nSPS) is 15.2. The van der Waals surface area contributed by atoms with Gasteiger partial charge in [-0.05, 0) is 62.9 Å². The Kier molecular flexibility index (Phi) is 8.90. The predicted octanol–water partition coefficient (Wildman–Crippen LogP) is 3.97. The van der Waals surface area contributed by atoms with E-state index < -0.39 is 0 Å². The van der Waals surface area contributed by atoms with Crippen molar-refractivity contribution >= 4 is 11.9 Å². The van der Waals surface area contributed by atoms with Gasteiger partial charge in [-0.25, -0.2) is 9.38 Å². The molecule has 1 heterocycles. The molecule has 2 N–H and O–H groups in total. The first-order valence-electron chi connectivity index (χ1n) is 11.4. The van der Waals surface area contributed by atoms with Gasteiger partial charge in [-0.1, -0.05) is 18.2 Å². The van der Waals surface area contributed by atoms with Crippen LogP contribution in [0.1, 0.15) is 49.0 Å². The van der Waals surface area contributed by atoms with Crippen LogP contribution < -0.4 is 15.4 Å². The summed E-state index contributed by atoms with van der Waals surface area (Å²) in [6.45, 7) is 7.37. The number of guanidine groups is 1. The van der Waals surface area contributed by atoms with E-state index >= 15 is 0 Å². The standard InChI is InChI=1S/C25H33FN4O2/c1-3-27-25(28-17-19(2)32-23-9-7-8-22(26)16-23)29-18-20-10-12-21(13-11-20)24(31)30-14-5-4-6-15-30/h7-13,16,19H,3-6,14-15,17-18H2,1-2H3,(H2,27,28,29). The Morgan fingerprint density at radius 3 is 2.56 bits per heavy atom. The van der Waals surface area contributed by atoms with Crippen LogP contribution in [0.25, 0.3) is 0 Å². The van der Waals surface area contributed by atoms with Crippen molar-refractivity contribution in [3.63, 3.8) is 0 Å². The van der Waals surface area contributed by atoms with Gasteiger partial charge in [0.05, 0.1) is 13.1 Å². The molecule has 1 amide bonds. The first-order chi connectivity index (χ1) is 15.5. The second-order valence-electron chi connectivity index (χ2n) is 8.01. The van der Waals surface area contributed by atoms with Gasteiger partial charge < -0.3 is 20.3 Å². The van der Waals surface area contributed by atoms with Crippen molar-refractivity contribution in [1.29, 1.82) is 0 Å². The zero-order chi connectivity index (χ0) is 22.8. The minimum Gasteiger partial charge on any atom is -0.489 e. The molecule has 172 valence electrons. The van der Waals surface area contributed by atoms with Gasteiger partial charge in [0.15, 0.2) is 5.96 Å². The molecule has 1 saturated heterocycles. The van der Waals surface area contributed by atoms with Gasteiger partial charge in [0.25, 0.3) is 5.91 Å². The molecule has 1 aliphatic rings. The van der Waals surface area contributed by atoms with Gasteiger partial charge in [-0.3, -0.25) is 4.79 Å². The number of halogens is 1. The first-order valence-corrected chi connectivity index (χ1v) is 11.4. The number of hydrogen-bond donors (Lipinski definition) is 2. The highest BCUT2D eigenvalue weighted by Gasteiger charge is 2.17. The van der Waals surface area contributed by atoms with Crippen LogP contribution in [-0.2, 0) is 6.54 Å². The van der Waals surface area contributed by atoms with E-state index in [1.807, 2.05) is 43.0 Å². The molecule has 1 atom stereocenters. The monoisotopic (exact) mass is 440 g/mol. The highest BCUT2D eigenvalue weighted by Crippen LogP contribution is 2.15. The molecule has 2 aromatic rings. The summed E-state index contributed by atoms with van der Waals surface area (Å²) >= 11 is 0. The molecule has 0 saturated carbocycles.